The van der Waals surface area contributed by atoms with Gasteiger partial charge in [0.15, 0.2) is 22.8 Å². The second-order valence-electron chi connectivity index (χ2n) is 5.73. The molecule has 3 aromatic rings. The quantitative estimate of drug-likeness (QED) is 0.692. The van der Waals surface area contributed by atoms with E-state index in [1.807, 2.05) is 30.7 Å². The Morgan fingerprint density at radius 2 is 1.70 bits per heavy atom. The molecule has 0 bridgehead atoms. The summed E-state index contributed by atoms with van der Waals surface area (Å²) >= 11 is 0. The average molecular weight is 310 g/mol. The van der Waals surface area contributed by atoms with Crippen LogP contribution in [-0.4, -0.2) is 55.9 Å². The van der Waals surface area contributed by atoms with Crippen molar-refractivity contribution in [1.82, 2.24) is 29.7 Å². The van der Waals surface area contributed by atoms with Crippen molar-refractivity contribution >= 4 is 22.8 Å². The lowest BCUT2D eigenvalue weighted by Gasteiger charge is -2.35. The first kappa shape index (κ1) is 13.9. The Balaban J connectivity index is 1.54. The minimum atomic E-state index is 0.860. The number of imidazole rings is 1. The molecule has 1 fully saturated rings. The van der Waals surface area contributed by atoms with Crippen molar-refractivity contribution in [2.75, 3.05) is 36.0 Å². The monoisotopic (exact) mass is 310 g/mol. The summed E-state index contributed by atoms with van der Waals surface area (Å²) in [5, 5.41) is 8.41. The third kappa shape index (κ3) is 2.45. The number of nitrogens with zero attached hydrogens (tertiary/aromatic N) is 8. The van der Waals surface area contributed by atoms with Crippen LogP contribution in [-0.2, 0) is 7.05 Å². The maximum atomic E-state index is 4.45. The highest BCUT2D eigenvalue weighted by Gasteiger charge is 2.22. The van der Waals surface area contributed by atoms with Gasteiger partial charge in [0.2, 0.25) is 0 Å². The normalized spacial score (nSPS) is 15.4. The molecule has 0 amide bonds. The summed E-state index contributed by atoms with van der Waals surface area (Å²) in [6.07, 6.45) is 3.39. The standard InChI is InChI=1S/C15H18N8/c1-11-3-4-12(20-19-11)22-5-7-23(8-6-22)15-13-14(16-9-17-15)21(2)10-18-13/h3-4,9-10H,5-8H2,1-2H3. The summed E-state index contributed by atoms with van der Waals surface area (Å²) in [6.45, 7) is 5.46. The van der Waals surface area contributed by atoms with Gasteiger partial charge in [-0.05, 0) is 19.1 Å². The van der Waals surface area contributed by atoms with Crippen molar-refractivity contribution in [3.8, 4) is 0 Å². The second kappa shape index (κ2) is 5.45. The van der Waals surface area contributed by atoms with Crippen molar-refractivity contribution in [3.05, 3.63) is 30.5 Å². The number of anilines is 2. The Bertz CT molecular complexity index is 817. The van der Waals surface area contributed by atoms with Crippen LogP contribution in [0.1, 0.15) is 5.69 Å². The largest absolute Gasteiger partial charge is 0.352 e. The summed E-state index contributed by atoms with van der Waals surface area (Å²) < 4.78 is 1.92. The SMILES string of the molecule is Cc1ccc(N2CCN(c3ncnc4c3ncn4C)CC2)nn1. The molecule has 8 nitrogen and oxygen atoms in total. The summed E-state index contributed by atoms with van der Waals surface area (Å²) in [7, 11) is 1.94. The highest BCUT2D eigenvalue weighted by Crippen LogP contribution is 2.23. The molecule has 4 heterocycles. The van der Waals surface area contributed by atoms with Crippen molar-refractivity contribution in [2.45, 2.75) is 6.92 Å². The van der Waals surface area contributed by atoms with Gasteiger partial charge in [0, 0.05) is 33.2 Å². The smallest absolute Gasteiger partial charge is 0.165 e. The van der Waals surface area contributed by atoms with E-state index in [4.69, 9.17) is 0 Å². The van der Waals surface area contributed by atoms with Gasteiger partial charge in [0.05, 0.1) is 12.0 Å². The molecule has 118 valence electrons. The van der Waals surface area contributed by atoms with Crippen LogP contribution in [0.4, 0.5) is 11.6 Å². The molecule has 0 atom stereocenters. The fraction of sp³-hybridized carbons (Fsp3) is 0.400. The van der Waals surface area contributed by atoms with Crippen LogP contribution >= 0.6 is 0 Å². The van der Waals surface area contributed by atoms with Crippen LogP contribution in [0, 0.1) is 6.92 Å². The third-order valence-electron chi connectivity index (χ3n) is 4.16. The summed E-state index contributed by atoms with van der Waals surface area (Å²) in [6, 6.07) is 4.02. The lowest BCUT2D eigenvalue weighted by molar-refractivity contribution is 0.638. The molecule has 0 N–H and O–H groups in total. The van der Waals surface area contributed by atoms with Crippen molar-refractivity contribution in [2.24, 2.45) is 7.05 Å². The van der Waals surface area contributed by atoms with Crippen LogP contribution in [0.5, 0.6) is 0 Å². The number of piperazine rings is 1. The van der Waals surface area contributed by atoms with Crippen molar-refractivity contribution in [1.29, 1.82) is 0 Å². The van der Waals surface area contributed by atoms with Crippen LogP contribution < -0.4 is 9.80 Å². The van der Waals surface area contributed by atoms with E-state index in [9.17, 15) is 0 Å². The van der Waals surface area contributed by atoms with Gasteiger partial charge in [-0.25, -0.2) is 15.0 Å². The van der Waals surface area contributed by atoms with Crippen molar-refractivity contribution < 1.29 is 0 Å². The first-order valence-corrected chi connectivity index (χ1v) is 7.64. The Hall–Kier alpha value is -2.77. The topological polar surface area (TPSA) is 75.9 Å². The van der Waals surface area contributed by atoms with Gasteiger partial charge in [0.25, 0.3) is 0 Å². The third-order valence-corrected chi connectivity index (χ3v) is 4.16. The van der Waals surface area contributed by atoms with Crippen molar-refractivity contribution in [3.63, 3.8) is 0 Å². The highest BCUT2D eigenvalue weighted by molar-refractivity contribution is 5.83. The fourth-order valence-electron chi connectivity index (χ4n) is 2.87. The van der Waals surface area contributed by atoms with E-state index in [1.165, 1.54) is 0 Å². The molecule has 1 aliphatic rings. The zero-order valence-electron chi connectivity index (χ0n) is 13.2. The molecule has 0 radical (unpaired) electrons. The lowest BCUT2D eigenvalue weighted by Crippen LogP contribution is -2.47. The Labute approximate surface area is 133 Å². The molecule has 1 aliphatic heterocycles. The molecule has 8 heteroatoms. The molecule has 23 heavy (non-hydrogen) atoms. The van der Waals surface area contributed by atoms with Gasteiger partial charge in [0.1, 0.15) is 6.33 Å². The number of rotatable bonds is 2. The minimum Gasteiger partial charge on any atom is -0.352 e. The number of hydrogen-bond acceptors (Lipinski definition) is 7. The van der Waals surface area contributed by atoms with Gasteiger partial charge in [-0.2, -0.15) is 5.10 Å². The lowest BCUT2D eigenvalue weighted by atomic mass is 10.3. The fourth-order valence-corrected chi connectivity index (χ4v) is 2.87. The maximum absolute atomic E-state index is 4.45. The first-order chi connectivity index (χ1) is 11.2. The molecule has 4 rings (SSSR count). The van der Waals surface area contributed by atoms with Crippen LogP contribution in [0.3, 0.4) is 0 Å². The Morgan fingerprint density at radius 1 is 0.913 bits per heavy atom. The maximum Gasteiger partial charge on any atom is 0.165 e. The predicted octanol–water partition coefficient (Wildman–Crippen LogP) is 0.788. The number of fused-ring (bicyclic) bond motifs is 1. The van der Waals surface area contributed by atoms with Crippen LogP contribution in [0.2, 0.25) is 0 Å². The van der Waals surface area contributed by atoms with E-state index < -0.39 is 0 Å². The second-order valence-corrected chi connectivity index (χ2v) is 5.73. The molecule has 0 aliphatic carbocycles. The van der Waals surface area contributed by atoms with Gasteiger partial charge < -0.3 is 14.4 Å². The predicted molar refractivity (Wildman–Crippen MR) is 87.5 cm³/mol. The number of aryl methyl sites for hydroxylation is 2. The molecule has 3 aromatic heterocycles. The Morgan fingerprint density at radius 3 is 2.43 bits per heavy atom. The van der Waals surface area contributed by atoms with E-state index in [-0.39, 0.29) is 0 Å². The average Bonchev–Trinajstić information content (AvgIpc) is 2.97. The molecule has 0 spiro atoms. The Kier molecular flexibility index (Phi) is 3.29. The van der Waals surface area contributed by atoms with E-state index in [2.05, 4.69) is 34.9 Å². The zero-order chi connectivity index (χ0) is 15.8. The summed E-state index contributed by atoms with van der Waals surface area (Å²) in [4.78, 5) is 17.7. The highest BCUT2D eigenvalue weighted by atomic mass is 15.3. The van der Waals surface area contributed by atoms with E-state index in [1.54, 1.807) is 12.7 Å². The van der Waals surface area contributed by atoms with Gasteiger partial charge in [-0.3, -0.25) is 0 Å². The van der Waals surface area contributed by atoms with Gasteiger partial charge >= 0.3 is 0 Å². The van der Waals surface area contributed by atoms with Gasteiger partial charge in [-0.1, -0.05) is 0 Å². The number of hydrogen-bond donors (Lipinski definition) is 0. The summed E-state index contributed by atoms with van der Waals surface area (Å²) in [5.74, 6) is 1.84. The molecule has 0 aromatic carbocycles. The van der Waals surface area contributed by atoms with E-state index >= 15 is 0 Å². The van der Waals surface area contributed by atoms with Gasteiger partial charge in [-0.15, -0.1) is 5.10 Å². The first-order valence-electron chi connectivity index (χ1n) is 7.64. The molecular formula is C15H18N8. The van der Waals surface area contributed by atoms with Crippen LogP contribution in [0.25, 0.3) is 11.2 Å². The van der Waals surface area contributed by atoms with E-state index in [0.717, 1.165) is 54.7 Å². The number of aromatic nitrogens is 6. The zero-order valence-corrected chi connectivity index (χ0v) is 13.2. The minimum absolute atomic E-state index is 0.860. The molecule has 0 unspecified atom stereocenters. The van der Waals surface area contributed by atoms with Crippen LogP contribution in [0.15, 0.2) is 24.8 Å². The van der Waals surface area contributed by atoms with E-state index in [0.29, 0.717) is 0 Å². The molecule has 0 saturated carbocycles. The molecular weight excluding hydrogens is 292 g/mol. The summed E-state index contributed by atoms with van der Waals surface area (Å²) in [5.41, 5.74) is 2.66. The molecule has 1 saturated heterocycles.